The fraction of sp³-hybridized carbons (Fsp3) is 1.00. The van der Waals surface area contributed by atoms with Gasteiger partial charge in [0.15, 0.2) is 0 Å². The maximum atomic E-state index is 3.87. The van der Waals surface area contributed by atoms with E-state index in [0.717, 1.165) is 17.9 Å². The Bertz CT molecular complexity index is 290. The first-order valence-electron chi connectivity index (χ1n) is 8.66. The van der Waals surface area contributed by atoms with Gasteiger partial charge in [-0.05, 0) is 44.1 Å². The van der Waals surface area contributed by atoms with E-state index in [1.807, 2.05) is 0 Å². The third-order valence-electron chi connectivity index (χ3n) is 5.63. The van der Waals surface area contributed by atoms with Gasteiger partial charge < -0.3 is 5.32 Å². The Morgan fingerprint density at radius 1 is 1.21 bits per heavy atom. The van der Waals surface area contributed by atoms with Gasteiger partial charge in [-0.15, -0.1) is 0 Å². The molecule has 0 aromatic heterocycles. The summed E-state index contributed by atoms with van der Waals surface area (Å²) in [5.41, 5.74) is 0.544. The van der Waals surface area contributed by atoms with Crippen molar-refractivity contribution in [1.29, 1.82) is 0 Å². The van der Waals surface area contributed by atoms with E-state index in [0.29, 0.717) is 5.54 Å². The van der Waals surface area contributed by atoms with Crippen LogP contribution in [0, 0.1) is 11.8 Å². The van der Waals surface area contributed by atoms with E-state index >= 15 is 0 Å². The maximum Gasteiger partial charge on any atom is 0.0334 e. The highest BCUT2D eigenvalue weighted by Crippen LogP contribution is 2.39. The van der Waals surface area contributed by atoms with E-state index in [1.54, 1.807) is 0 Å². The number of hydrogen-bond acceptors (Lipinski definition) is 2. The molecule has 1 saturated heterocycles. The van der Waals surface area contributed by atoms with Gasteiger partial charge in [0.2, 0.25) is 0 Å². The van der Waals surface area contributed by atoms with E-state index in [-0.39, 0.29) is 0 Å². The molecule has 1 heterocycles. The molecule has 1 atom stereocenters. The minimum absolute atomic E-state index is 0.544. The van der Waals surface area contributed by atoms with Crippen LogP contribution in [0.5, 0.6) is 0 Å². The van der Waals surface area contributed by atoms with Crippen LogP contribution in [0.15, 0.2) is 0 Å². The molecule has 2 heteroatoms. The summed E-state index contributed by atoms with van der Waals surface area (Å²) in [7, 11) is 0. The van der Waals surface area contributed by atoms with Crippen molar-refractivity contribution >= 4 is 0 Å². The SMILES string of the molecule is CC(C)CC1CN(CCC2CC2)C2(CCCC2)CN1. The molecule has 19 heavy (non-hydrogen) atoms. The summed E-state index contributed by atoms with van der Waals surface area (Å²) in [5.74, 6) is 1.90. The van der Waals surface area contributed by atoms with Gasteiger partial charge in [-0.3, -0.25) is 4.90 Å². The van der Waals surface area contributed by atoms with Gasteiger partial charge in [0.25, 0.3) is 0 Å². The van der Waals surface area contributed by atoms with Crippen molar-refractivity contribution in [2.24, 2.45) is 11.8 Å². The zero-order valence-corrected chi connectivity index (χ0v) is 13.0. The predicted octanol–water partition coefficient (Wildman–Crippen LogP) is 3.42. The molecule has 2 saturated carbocycles. The third kappa shape index (κ3) is 3.33. The van der Waals surface area contributed by atoms with Crippen molar-refractivity contribution in [3.05, 3.63) is 0 Å². The summed E-state index contributed by atoms with van der Waals surface area (Å²) in [6, 6.07) is 0.741. The van der Waals surface area contributed by atoms with Crippen LogP contribution < -0.4 is 5.32 Å². The average molecular weight is 264 g/mol. The first-order valence-corrected chi connectivity index (χ1v) is 8.66. The van der Waals surface area contributed by atoms with Crippen molar-refractivity contribution in [1.82, 2.24) is 10.2 Å². The molecule has 0 aromatic rings. The normalized spacial score (nSPS) is 31.4. The Balaban J connectivity index is 1.60. The fourth-order valence-electron chi connectivity index (χ4n) is 4.30. The molecule has 3 fully saturated rings. The predicted molar refractivity (Wildman–Crippen MR) is 81.4 cm³/mol. The van der Waals surface area contributed by atoms with Crippen LogP contribution in [0.4, 0.5) is 0 Å². The number of nitrogens with zero attached hydrogens (tertiary/aromatic N) is 1. The number of piperazine rings is 1. The number of nitrogens with one attached hydrogen (secondary N) is 1. The Kier molecular flexibility index (Phi) is 4.19. The van der Waals surface area contributed by atoms with Gasteiger partial charge in [-0.2, -0.15) is 0 Å². The third-order valence-corrected chi connectivity index (χ3v) is 5.63. The lowest BCUT2D eigenvalue weighted by atomic mass is 9.88. The van der Waals surface area contributed by atoms with Crippen molar-refractivity contribution in [2.75, 3.05) is 19.6 Å². The van der Waals surface area contributed by atoms with Gasteiger partial charge in [0, 0.05) is 24.7 Å². The van der Waals surface area contributed by atoms with Gasteiger partial charge >= 0.3 is 0 Å². The second kappa shape index (κ2) is 5.73. The summed E-state index contributed by atoms with van der Waals surface area (Å²) in [5, 5.41) is 3.87. The molecule has 3 rings (SSSR count). The Labute approximate surface area is 119 Å². The van der Waals surface area contributed by atoms with Gasteiger partial charge in [0.1, 0.15) is 0 Å². The molecular formula is C17H32N2. The quantitative estimate of drug-likeness (QED) is 0.818. The van der Waals surface area contributed by atoms with E-state index in [4.69, 9.17) is 0 Å². The second-order valence-corrected chi connectivity index (χ2v) is 7.82. The number of hydrogen-bond donors (Lipinski definition) is 1. The molecule has 0 radical (unpaired) electrons. The summed E-state index contributed by atoms with van der Waals surface area (Å²) in [6.45, 7) is 8.66. The van der Waals surface area contributed by atoms with Crippen LogP contribution in [-0.4, -0.2) is 36.1 Å². The molecule has 2 aliphatic carbocycles. The summed E-state index contributed by atoms with van der Waals surface area (Å²) in [4.78, 5) is 2.90. The molecule has 1 N–H and O–H groups in total. The summed E-state index contributed by atoms with van der Waals surface area (Å²) >= 11 is 0. The van der Waals surface area contributed by atoms with Gasteiger partial charge in [-0.25, -0.2) is 0 Å². The summed E-state index contributed by atoms with van der Waals surface area (Å²) < 4.78 is 0. The minimum atomic E-state index is 0.544. The molecule has 3 aliphatic rings. The Hall–Kier alpha value is -0.0800. The van der Waals surface area contributed by atoms with Crippen LogP contribution in [0.1, 0.15) is 65.2 Å². The first-order chi connectivity index (χ1) is 9.18. The van der Waals surface area contributed by atoms with Crippen LogP contribution in [0.25, 0.3) is 0 Å². The monoisotopic (exact) mass is 264 g/mol. The first kappa shape index (κ1) is 13.9. The van der Waals surface area contributed by atoms with Gasteiger partial charge in [0.05, 0.1) is 0 Å². The second-order valence-electron chi connectivity index (χ2n) is 7.82. The highest BCUT2D eigenvalue weighted by Gasteiger charge is 2.43. The van der Waals surface area contributed by atoms with E-state index in [2.05, 4.69) is 24.1 Å². The fourth-order valence-corrected chi connectivity index (χ4v) is 4.30. The summed E-state index contributed by atoms with van der Waals surface area (Å²) in [6.07, 6.45) is 11.6. The lowest BCUT2D eigenvalue weighted by Gasteiger charge is -2.49. The van der Waals surface area contributed by atoms with E-state index in [1.165, 1.54) is 71.0 Å². The highest BCUT2D eigenvalue weighted by molar-refractivity contribution is 5.02. The molecule has 1 aliphatic heterocycles. The zero-order chi connectivity index (χ0) is 13.3. The lowest BCUT2D eigenvalue weighted by molar-refractivity contribution is 0.0364. The smallest absolute Gasteiger partial charge is 0.0334 e. The minimum Gasteiger partial charge on any atom is -0.311 e. The molecule has 110 valence electrons. The maximum absolute atomic E-state index is 3.87. The molecule has 1 unspecified atom stereocenters. The van der Waals surface area contributed by atoms with E-state index < -0.39 is 0 Å². The van der Waals surface area contributed by atoms with Crippen molar-refractivity contribution in [3.8, 4) is 0 Å². The van der Waals surface area contributed by atoms with E-state index in [9.17, 15) is 0 Å². The van der Waals surface area contributed by atoms with Crippen molar-refractivity contribution in [2.45, 2.75) is 76.8 Å². The average Bonchev–Trinajstić information content (AvgIpc) is 3.08. The largest absolute Gasteiger partial charge is 0.311 e. The van der Waals surface area contributed by atoms with Crippen LogP contribution >= 0.6 is 0 Å². The molecule has 0 aromatic carbocycles. The van der Waals surface area contributed by atoms with Crippen LogP contribution in [0.2, 0.25) is 0 Å². The standard InChI is InChI=1S/C17H32N2/c1-14(2)11-16-12-19(10-7-15-5-6-15)17(13-18-16)8-3-4-9-17/h14-16,18H,3-13H2,1-2H3. The molecular weight excluding hydrogens is 232 g/mol. The topological polar surface area (TPSA) is 15.3 Å². The van der Waals surface area contributed by atoms with Crippen molar-refractivity contribution in [3.63, 3.8) is 0 Å². The molecule has 1 spiro atoms. The number of rotatable bonds is 5. The highest BCUT2D eigenvalue weighted by atomic mass is 15.3. The lowest BCUT2D eigenvalue weighted by Crippen LogP contribution is -2.63. The zero-order valence-electron chi connectivity index (χ0n) is 13.0. The molecule has 2 nitrogen and oxygen atoms in total. The van der Waals surface area contributed by atoms with Crippen LogP contribution in [0.3, 0.4) is 0 Å². The Morgan fingerprint density at radius 2 is 1.95 bits per heavy atom. The van der Waals surface area contributed by atoms with Gasteiger partial charge in [-0.1, -0.05) is 39.5 Å². The molecule has 0 amide bonds. The van der Waals surface area contributed by atoms with Crippen molar-refractivity contribution < 1.29 is 0 Å². The van der Waals surface area contributed by atoms with Crippen LogP contribution in [-0.2, 0) is 0 Å². The molecule has 0 bridgehead atoms. The Morgan fingerprint density at radius 3 is 2.58 bits per heavy atom.